The third-order valence-corrected chi connectivity index (χ3v) is 6.42. The summed E-state index contributed by atoms with van der Waals surface area (Å²) >= 11 is 0. The number of nitrogens with zero attached hydrogens (tertiary/aromatic N) is 4. The first-order valence-corrected chi connectivity index (χ1v) is 12.1. The molecule has 3 N–H and O–H groups in total. The van der Waals surface area contributed by atoms with Gasteiger partial charge in [-0.15, -0.1) is 0 Å². The van der Waals surface area contributed by atoms with Crippen molar-refractivity contribution in [1.29, 1.82) is 0 Å². The van der Waals surface area contributed by atoms with Gasteiger partial charge in [-0.3, -0.25) is 13.9 Å². The van der Waals surface area contributed by atoms with Crippen molar-refractivity contribution in [3.63, 3.8) is 0 Å². The molecule has 2 aromatic heterocycles. The summed E-state index contributed by atoms with van der Waals surface area (Å²) in [6.07, 6.45) is 1.43. The van der Waals surface area contributed by atoms with E-state index in [9.17, 15) is 9.36 Å². The molecular formula is C20H25N6O7P. The number of imidazole rings is 1. The minimum absolute atomic E-state index is 0.167. The smallest absolute Gasteiger partial charge is 0.459 e. The predicted molar refractivity (Wildman–Crippen MR) is 119 cm³/mol. The van der Waals surface area contributed by atoms with Crippen molar-refractivity contribution >= 4 is 30.7 Å². The Hall–Kier alpha value is -3.09. The molecule has 0 bridgehead atoms. The van der Waals surface area contributed by atoms with Crippen molar-refractivity contribution in [3.05, 3.63) is 43.0 Å². The van der Waals surface area contributed by atoms with Crippen molar-refractivity contribution in [2.75, 3.05) is 25.6 Å². The number of esters is 1. The first-order chi connectivity index (χ1) is 16.4. The average Bonchev–Trinajstić information content (AvgIpc) is 3.46. The van der Waals surface area contributed by atoms with Gasteiger partial charge in [0.25, 0.3) is 0 Å². The van der Waals surface area contributed by atoms with E-state index in [-0.39, 0.29) is 25.6 Å². The molecule has 0 radical (unpaired) electrons. The van der Waals surface area contributed by atoms with Crippen LogP contribution in [0.1, 0.15) is 20.1 Å². The van der Waals surface area contributed by atoms with Gasteiger partial charge in [0.2, 0.25) is 0 Å². The van der Waals surface area contributed by atoms with Gasteiger partial charge in [0.05, 0.1) is 19.5 Å². The number of nitrogen functional groups attached to an aromatic ring is 1. The van der Waals surface area contributed by atoms with Crippen LogP contribution in [0.4, 0.5) is 5.82 Å². The maximum absolute atomic E-state index is 13.5. The lowest BCUT2D eigenvalue weighted by Gasteiger charge is -2.23. The molecule has 0 aliphatic carbocycles. The number of benzene rings is 1. The SMILES string of the molecule is CCOC(=O)[C@H](C)NP(=O)(OC[C@@H]1OC[C@H](n2cnc3c(N)ncnc32)O1)Oc1ccccc1. The summed E-state index contributed by atoms with van der Waals surface area (Å²) in [5.74, 6) is -0.0457. The van der Waals surface area contributed by atoms with E-state index in [0.29, 0.717) is 16.9 Å². The number of hydrogen-bond donors (Lipinski definition) is 2. The third-order valence-electron chi connectivity index (χ3n) is 4.77. The van der Waals surface area contributed by atoms with Crippen molar-refractivity contribution in [2.45, 2.75) is 32.4 Å². The molecule has 182 valence electrons. The average molecular weight is 492 g/mol. The highest BCUT2D eigenvalue weighted by Crippen LogP contribution is 2.45. The Morgan fingerprint density at radius 1 is 1.32 bits per heavy atom. The quantitative estimate of drug-likeness (QED) is 0.313. The first-order valence-electron chi connectivity index (χ1n) is 10.5. The zero-order valence-corrected chi connectivity index (χ0v) is 19.5. The Bertz CT molecular complexity index is 1180. The van der Waals surface area contributed by atoms with Crippen LogP contribution >= 0.6 is 7.75 Å². The summed E-state index contributed by atoms with van der Waals surface area (Å²) in [7, 11) is -4.02. The fraction of sp³-hybridized carbons (Fsp3) is 0.400. The summed E-state index contributed by atoms with van der Waals surface area (Å²) < 4.78 is 42.8. The number of fused-ring (bicyclic) bond motifs is 1. The highest BCUT2D eigenvalue weighted by Gasteiger charge is 2.36. The van der Waals surface area contributed by atoms with Crippen molar-refractivity contribution < 1.29 is 32.6 Å². The fourth-order valence-corrected chi connectivity index (χ4v) is 4.66. The molecule has 1 aromatic carbocycles. The van der Waals surface area contributed by atoms with E-state index < -0.39 is 32.3 Å². The Morgan fingerprint density at radius 3 is 2.88 bits per heavy atom. The number of rotatable bonds is 10. The van der Waals surface area contributed by atoms with Gasteiger partial charge in [0, 0.05) is 0 Å². The van der Waals surface area contributed by atoms with E-state index in [1.165, 1.54) is 19.6 Å². The maximum Gasteiger partial charge on any atom is 0.459 e. The minimum Gasteiger partial charge on any atom is -0.465 e. The number of ether oxygens (including phenoxy) is 3. The van der Waals surface area contributed by atoms with E-state index in [2.05, 4.69) is 20.0 Å². The number of aromatic nitrogens is 4. The molecule has 0 spiro atoms. The van der Waals surface area contributed by atoms with Crippen molar-refractivity contribution in [1.82, 2.24) is 24.6 Å². The van der Waals surface area contributed by atoms with Crippen LogP contribution in [0.15, 0.2) is 43.0 Å². The molecular weight excluding hydrogens is 467 g/mol. The molecule has 3 heterocycles. The molecule has 14 heteroatoms. The molecule has 4 atom stereocenters. The van der Waals surface area contributed by atoms with E-state index in [1.54, 1.807) is 41.8 Å². The summed E-state index contributed by atoms with van der Waals surface area (Å²) in [6.45, 7) is 3.28. The van der Waals surface area contributed by atoms with Gasteiger partial charge in [0.15, 0.2) is 24.0 Å². The van der Waals surface area contributed by atoms with E-state index in [0.717, 1.165) is 0 Å². The number of nitrogens with one attached hydrogen (secondary N) is 1. The Labute approximate surface area is 195 Å². The van der Waals surface area contributed by atoms with Gasteiger partial charge in [-0.05, 0) is 26.0 Å². The largest absolute Gasteiger partial charge is 0.465 e. The van der Waals surface area contributed by atoms with Gasteiger partial charge < -0.3 is 24.5 Å². The Morgan fingerprint density at radius 2 is 2.12 bits per heavy atom. The second kappa shape index (κ2) is 10.5. The number of carbonyl (C=O) groups excluding carboxylic acids is 1. The van der Waals surface area contributed by atoms with Crippen LogP contribution in [0.2, 0.25) is 0 Å². The van der Waals surface area contributed by atoms with Crippen LogP contribution in [0.5, 0.6) is 5.75 Å². The topological polar surface area (TPSA) is 162 Å². The van der Waals surface area contributed by atoms with Gasteiger partial charge in [0.1, 0.15) is 30.2 Å². The van der Waals surface area contributed by atoms with Crippen molar-refractivity contribution in [3.8, 4) is 5.75 Å². The van der Waals surface area contributed by atoms with Crippen LogP contribution in [-0.4, -0.2) is 57.6 Å². The number of hydrogen-bond acceptors (Lipinski definition) is 11. The molecule has 4 rings (SSSR count). The Balaban J connectivity index is 1.43. The fourth-order valence-electron chi connectivity index (χ4n) is 3.18. The molecule has 0 amide bonds. The molecule has 1 saturated heterocycles. The van der Waals surface area contributed by atoms with Crippen LogP contribution in [0.25, 0.3) is 11.2 Å². The monoisotopic (exact) mass is 492 g/mol. The van der Waals surface area contributed by atoms with Crippen LogP contribution in [0, 0.1) is 0 Å². The second-order valence-electron chi connectivity index (χ2n) is 7.24. The maximum atomic E-state index is 13.5. The van der Waals surface area contributed by atoms with Gasteiger partial charge in [-0.25, -0.2) is 19.5 Å². The first kappa shape index (κ1) is 24.0. The molecule has 1 unspecified atom stereocenters. The van der Waals surface area contributed by atoms with Crippen molar-refractivity contribution in [2.24, 2.45) is 0 Å². The minimum atomic E-state index is -4.02. The lowest BCUT2D eigenvalue weighted by molar-refractivity contribution is -0.144. The van der Waals surface area contributed by atoms with E-state index >= 15 is 0 Å². The number of carbonyl (C=O) groups is 1. The molecule has 1 aliphatic rings. The van der Waals surface area contributed by atoms with Gasteiger partial charge in [-0.1, -0.05) is 18.2 Å². The van der Waals surface area contributed by atoms with E-state index in [4.69, 9.17) is 29.0 Å². The number of nitrogens with two attached hydrogens (primary N) is 1. The second-order valence-corrected chi connectivity index (χ2v) is 8.93. The zero-order chi connectivity index (χ0) is 24.1. The van der Waals surface area contributed by atoms with Crippen LogP contribution < -0.4 is 15.3 Å². The highest BCUT2D eigenvalue weighted by atomic mass is 31.2. The zero-order valence-electron chi connectivity index (χ0n) is 18.6. The molecule has 1 fully saturated rings. The number of para-hydroxylation sites is 1. The summed E-state index contributed by atoms with van der Waals surface area (Å²) in [4.78, 5) is 24.4. The molecule has 13 nitrogen and oxygen atoms in total. The van der Waals surface area contributed by atoms with E-state index in [1.807, 2.05) is 0 Å². The third kappa shape index (κ3) is 5.51. The van der Waals surface area contributed by atoms with Crippen LogP contribution in [-0.2, 0) is 28.1 Å². The number of anilines is 1. The normalized spacial score (nSPS) is 20.6. The standard InChI is InChI=1S/C20H25N6O7P/c1-3-29-20(27)13(2)25-34(28,33-14-7-5-4-6-8-14)31-10-16-30-9-15(32-16)26-12-24-17-18(21)22-11-23-19(17)26/h4-8,11-13,15-16H,3,9-10H2,1-2H3,(H,25,28)(H2,21,22,23)/t13-,15+,16+,34?/m0/s1. The predicted octanol–water partition coefficient (Wildman–Crippen LogP) is 2.02. The van der Waals surface area contributed by atoms with Gasteiger partial charge >= 0.3 is 13.7 Å². The van der Waals surface area contributed by atoms with Gasteiger partial charge in [-0.2, -0.15) is 5.09 Å². The highest BCUT2D eigenvalue weighted by molar-refractivity contribution is 7.52. The molecule has 1 aliphatic heterocycles. The summed E-state index contributed by atoms with van der Waals surface area (Å²) in [6, 6.07) is 7.50. The summed E-state index contributed by atoms with van der Waals surface area (Å²) in [5, 5.41) is 2.60. The molecule has 0 saturated carbocycles. The molecule has 3 aromatic rings. The Kier molecular flexibility index (Phi) is 7.39. The summed E-state index contributed by atoms with van der Waals surface area (Å²) in [5.41, 5.74) is 6.77. The lowest BCUT2D eigenvalue weighted by Crippen LogP contribution is -2.35. The molecule has 34 heavy (non-hydrogen) atoms. The lowest BCUT2D eigenvalue weighted by atomic mass is 10.3. The van der Waals surface area contributed by atoms with Crippen LogP contribution in [0.3, 0.4) is 0 Å².